The van der Waals surface area contributed by atoms with E-state index < -0.39 is 24.2 Å². The van der Waals surface area contributed by atoms with Crippen LogP contribution >= 0.6 is 0 Å². The second kappa shape index (κ2) is 8.95. The molecule has 0 aliphatic heterocycles. The third-order valence-electron chi connectivity index (χ3n) is 7.98. The van der Waals surface area contributed by atoms with E-state index in [4.69, 9.17) is 17.1 Å². The van der Waals surface area contributed by atoms with E-state index in [-0.39, 0.29) is 51.3 Å². The van der Waals surface area contributed by atoms with Gasteiger partial charge in [-0.3, -0.25) is 0 Å². The van der Waals surface area contributed by atoms with Crippen LogP contribution < -0.4 is 0 Å². The molecule has 0 bridgehead atoms. The lowest BCUT2D eigenvalue weighted by molar-refractivity contribution is 0.616. The predicted molar refractivity (Wildman–Crippen MR) is 175 cm³/mol. The van der Waals surface area contributed by atoms with Crippen molar-refractivity contribution < 1.29 is 19.8 Å². The largest absolute Gasteiger partial charge is 0.464 e. The van der Waals surface area contributed by atoms with Crippen molar-refractivity contribution in [3.8, 4) is 33.4 Å². The fraction of sp³-hybridized carbons (Fsp3) is 0. The molecule has 2 nitrogen and oxygen atoms in total. The highest BCUT2D eigenvalue weighted by Crippen LogP contribution is 2.46. The molecule has 0 spiro atoms. The van der Waals surface area contributed by atoms with Gasteiger partial charge in [0.15, 0.2) is 0 Å². The predicted octanol–water partition coefficient (Wildman–Crippen LogP) is 11.6. The molecule has 0 unspecified atom stereocenters. The molecule has 7 aromatic carbocycles. The first-order valence-electron chi connectivity index (χ1n) is 17.6. The van der Waals surface area contributed by atoms with E-state index in [9.17, 15) is 2.74 Å². The molecular weight excluding hydrogens is 512 g/mol. The number of hydrogen-bond acceptors (Lipinski definition) is 2. The average Bonchev–Trinajstić information content (AvgIpc) is 3.75. The van der Waals surface area contributed by atoms with Crippen molar-refractivity contribution >= 4 is 54.5 Å². The molecule has 9 aromatic rings. The zero-order chi connectivity index (χ0) is 34.6. The lowest BCUT2D eigenvalue weighted by Crippen LogP contribution is -1.90. The standard InChI is InChI=1S/C40H24O2/c1-3-11-25(12-4-1)33-24-41-34-21-22-35-39(40(33)34)32-20-19-27(23-36(32)42-35)38-30-17-9-7-15-28(30)37(26-13-5-2-6-14-26)29-16-8-10-18-31(29)38/h1-24H/i7D,8D,9D,10D,15D,16D,17D,18D. The van der Waals surface area contributed by atoms with E-state index in [1.54, 1.807) is 36.6 Å². The van der Waals surface area contributed by atoms with Gasteiger partial charge < -0.3 is 8.83 Å². The molecule has 0 amide bonds. The fourth-order valence-electron chi connectivity index (χ4n) is 6.19. The first-order chi connectivity index (χ1) is 24.2. The van der Waals surface area contributed by atoms with Crippen LogP contribution in [-0.2, 0) is 0 Å². The van der Waals surface area contributed by atoms with Crippen LogP contribution in [0.5, 0.6) is 0 Å². The van der Waals surface area contributed by atoms with Crippen LogP contribution in [0.15, 0.2) is 154 Å². The Labute approximate surface area is 253 Å². The number of rotatable bonds is 3. The minimum absolute atomic E-state index is 0.159. The Hall–Kier alpha value is -5.60. The highest BCUT2D eigenvalue weighted by Gasteiger charge is 2.20. The molecule has 0 N–H and O–H groups in total. The molecular formula is C40H24O2. The maximum Gasteiger partial charge on any atom is 0.136 e. The van der Waals surface area contributed by atoms with Crippen LogP contribution in [0.2, 0.25) is 0 Å². The zero-order valence-electron chi connectivity index (χ0n) is 30.1. The Morgan fingerprint density at radius 1 is 0.452 bits per heavy atom. The first kappa shape index (κ1) is 16.6. The van der Waals surface area contributed by atoms with Gasteiger partial charge in [-0.2, -0.15) is 0 Å². The summed E-state index contributed by atoms with van der Waals surface area (Å²) in [5.41, 5.74) is 5.37. The van der Waals surface area contributed by atoms with Crippen LogP contribution in [0.1, 0.15) is 11.0 Å². The van der Waals surface area contributed by atoms with Gasteiger partial charge >= 0.3 is 0 Å². The summed E-state index contributed by atoms with van der Waals surface area (Å²) in [5.74, 6) is 0. The molecule has 2 heteroatoms. The third kappa shape index (κ3) is 3.33. The van der Waals surface area contributed by atoms with Gasteiger partial charge in [-0.05, 0) is 73.6 Å². The Balaban J connectivity index is 1.46. The molecule has 9 rings (SSSR count). The highest BCUT2D eigenvalue weighted by molar-refractivity contribution is 6.24. The molecule has 0 saturated heterocycles. The number of hydrogen-bond donors (Lipinski definition) is 0. The molecule has 2 aromatic heterocycles. The van der Waals surface area contributed by atoms with Crippen molar-refractivity contribution in [3.63, 3.8) is 0 Å². The van der Waals surface area contributed by atoms with E-state index in [0.717, 1.165) is 27.3 Å². The first-order valence-corrected chi connectivity index (χ1v) is 13.6. The average molecular weight is 545 g/mol. The lowest BCUT2D eigenvalue weighted by Gasteiger charge is -2.17. The van der Waals surface area contributed by atoms with Gasteiger partial charge in [0.25, 0.3) is 0 Å². The summed E-state index contributed by atoms with van der Waals surface area (Å²) in [6, 6.07) is 25.1. The van der Waals surface area contributed by atoms with Crippen molar-refractivity contribution in [2.45, 2.75) is 0 Å². The van der Waals surface area contributed by atoms with Gasteiger partial charge in [-0.15, -0.1) is 0 Å². The van der Waals surface area contributed by atoms with Gasteiger partial charge in [0, 0.05) is 21.7 Å². The maximum atomic E-state index is 9.18. The molecule has 196 valence electrons. The topological polar surface area (TPSA) is 26.3 Å². The third-order valence-corrected chi connectivity index (χ3v) is 7.98. The van der Waals surface area contributed by atoms with Crippen LogP contribution in [0.3, 0.4) is 0 Å². The summed E-state index contributed by atoms with van der Waals surface area (Å²) in [5, 5.41) is 3.21. The van der Waals surface area contributed by atoms with E-state index in [0.29, 0.717) is 33.4 Å². The molecule has 0 atom stereocenters. The summed E-state index contributed by atoms with van der Waals surface area (Å²) in [7, 11) is 0. The smallest absolute Gasteiger partial charge is 0.136 e. The van der Waals surface area contributed by atoms with Crippen molar-refractivity contribution in [2.75, 3.05) is 0 Å². The highest BCUT2D eigenvalue weighted by atomic mass is 16.3. The Bertz CT molecular complexity index is 2810. The molecule has 0 radical (unpaired) electrons. The fourth-order valence-corrected chi connectivity index (χ4v) is 6.19. The Morgan fingerprint density at radius 2 is 1.02 bits per heavy atom. The van der Waals surface area contributed by atoms with Crippen LogP contribution in [0.25, 0.3) is 87.8 Å². The summed E-state index contributed by atoms with van der Waals surface area (Å²) >= 11 is 0. The van der Waals surface area contributed by atoms with E-state index in [1.807, 2.05) is 60.7 Å². The molecule has 0 saturated carbocycles. The van der Waals surface area contributed by atoms with Crippen molar-refractivity contribution in [1.82, 2.24) is 0 Å². The van der Waals surface area contributed by atoms with Crippen LogP contribution in [-0.4, -0.2) is 0 Å². The summed E-state index contributed by atoms with van der Waals surface area (Å²) < 4.78 is 83.6. The number of furan rings is 2. The summed E-state index contributed by atoms with van der Waals surface area (Å²) in [4.78, 5) is 0. The second-order valence-electron chi connectivity index (χ2n) is 10.3. The normalized spacial score (nSPS) is 14.5. The van der Waals surface area contributed by atoms with Gasteiger partial charge in [0.1, 0.15) is 16.7 Å². The summed E-state index contributed by atoms with van der Waals surface area (Å²) in [6.45, 7) is 0. The molecule has 0 aliphatic rings. The summed E-state index contributed by atoms with van der Waals surface area (Å²) in [6.07, 6.45) is 1.74. The van der Waals surface area contributed by atoms with Gasteiger partial charge in [0.2, 0.25) is 0 Å². The second-order valence-corrected chi connectivity index (χ2v) is 10.3. The van der Waals surface area contributed by atoms with Crippen LogP contribution in [0, 0.1) is 0 Å². The SMILES string of the molecule is [2H]c1c([2H])c([2H])c2c(-c3ccc4c(c3)oc3ccc5occ(-c6ccccc6)c5c34)c3c([2H])c([2H])c([2H])c([2H])c3c(-c3ccccc3)c2c1[2H]. The number of benzene rings is 7. The number of fused-ring (bicyclic) bond motifs is 7. The quantitative estimate of drug-likeness (QED) is 0.207. The van der Waals surface area contributed by atoms with Crippen molar-refractivity contribution in [1.29, 1.82) is 0 Å². The minimum Gasteiger partial charge on any atom is -0.464 e. The molecule has 42 heavy (non-hydrogen) atoms. The van der Waals surface area contributed by atoms with Crippen LogP contribution in [0.4, 0.5) is 0 Å². The minimum atomic E-state index is -0.441. The van der Waals surface area contributed by atoms with Gasteiger partial charge in [-0.1, -0.05) is 115 Å². The molecule has 2 heterocycles. The van der Waals surface area contributed by atoms with Crippen molar-refractivity contribution in [2.24, 2.45) is 0 Å². The monoisotopic (exact) mass is 544 g/mol. The Kier molecular flexibility index (Phi) is 3.54. The maximum absolute atomic E-state index is 9.18. The van der Waals surface area contributed by atoms with E-state index >= 15 is 0 Å². The lowest BCUT2D eigenvalue weighted by atomic mass is 9.86. The zero-order valence-corrected chi connectivity index (χ0v) is 22.1. The van der Waals surface area contributed by atoms with Gasteiger partial charge in [-0.25, -0.2) is 0 Å². The van der Waals surface area contributed by atoms with E-state index in [1.165, 1.54) is 0 Å². The molecule has 0 fully saturated rings. The van der Waals surface area contributed by atoms with Gasteiger partial charge in [0.05, 0.1) is 17.2 Å². The van der Waals surface area contributed by atoms with Crippen molar-refractivity contribution in [3.05, 3.63) is 146 Å². The van der Waals surface area contributed by atoms with E-state index in [2.05, 4.69) is 0 Å². The molecule has 0 aliphatic carbocycles. The Morgan fingerprint density at radius 3 is 1.67 bits per heavy atom.